The van der Waals surface area contributed by atoms with Crippen LogP contribution in [0.25, 0.3) is 0 Å². The van der Waals surface area contributed by atoms with Gasteiger partial charge in [0.15, 0.2) is 0 Å². The molecule has 0 amide bonds. The molecule has 0 fully saturated rings. The molecule has 1 aromatic carbocycles. The van der Waals surface area contributed by atoms with Gasteiger partial charge in [-0.2, -0.15) is 0 Å². The summed E-state index contributed by atoms with van der Waals surface area (Å²) >= 11 is 0. The van der Waals surface area contributed by atoms with Crippen molar-refractivity contribution in [1.82, 2.24) is 0 Å². The number of ether oxygens (including phenoxy) is 1. The van der Waals surface area contributed by atoms with Crippen LogP contribution in [-0.4, -0.2) is 17.7 Å². The van der Waals surface area contributed by atoms with Crippen molar-refractivity contribution < 1.29 is 14.6 Å². The van der Waals surface area contributed by atoms with Crippen LogP contribution in [0.1, 0.15) is 25.3 Å². The van der Waals surface area contributed by atoms with Crippen molar-refractivity contribution in [2.24, 2.45) is 5.92 Å². The van der Waals surface area contributed by atoms with Crippen molar-refractivity contribution in [3.8, 4) is 5.75 Å². The molecular weight excluding hydrogens is 204 g/mol. The lowest BCUT2D eigenvalue weighted by molar-refractivity contribution is -0.141. The first-order chi connectivity index (χ1) is 7.59. The molecule has 3 nitrogen and oxygen atoms in total. The number of carboxylic acids is 1. The molecule has 3 heteroatoms. The first-order valence-electron chi connectivity index (χ1n) is 5.52. The van der Waals surface area contributed by atoms with Crippen LogP contribution >= 0.6 is 0 Å². The molecule has 1 rings (SSSR count). The van der Waals surface area contributed by atoms with Crippen LogP contribution in [0.4, 0.5) is 0 Å². The van der Waals surface area contributed by atoms with Gasteiger partial charge in [0, 0.05) is 0 Å². The molecule has 0 aliphatic carbocycles. The molecule has 0 bridgehead atoms. The maximum absolute atomic E-state index is 10.6. The van der Waals surface area contributed by atoms with Gasteiger partial charge in [-0.05, 0) is 31.9 Å². The summed E-state index contributed by atoms with van der Waals surface area (Å²) in [5.41, 5.74) is 1.20. The number of hydrogen-bond donors (Lipinski definition) is 1. The molecule has 1 unspecified atom stereocenters. The molecule has 0 radical (unpaired) electrons. The van der Waals surface area contributed by atoms with Crippen molar-refractivity contribution in [2.45, 2.75) is 26.7 Å². The highest BCUT2D eigenvalue weighted by Crippen LogP contribution is 2.12. The van der Waals surface area contributed by atoms with E-state index in [0.717, 1.165) is 12.2 Å². The Morgan fingerprint density at radius 3 is 2.56 bits per heavy atom. The van der Waals surface area contributed by atoms with Gasteiger partial charge in [-0.15, -0.1) is 0 Å². The summed E-state index contributed by atoms with van der Waals surface area (Å²) in [6, 6.07) is 7.84. The Hall–Kier alpha value is -1.51. The van der Waals surface area contributed by atoms with Crippen LogP contribution in [0.5, 0.6) is 5.75 Å². The molecule has 0 saturated heterocycles. The topological polar surface area (TPSA) is 46.5 Å². The number of rotatable bonds is 6. The van der Waals surface area contributed by atoms with E-state index < -0.39 is 5.97 Å². The fraction of sp³-hybridized carbons (Fsp3) is 0.462. The lowest BCUT2D eigenvalue weighted by Gasteiger charge is -2.08. The summed E-state index contributed by atoms with van der Waals surface area (Å²) in [5, 5.41) is 8.69. The minimum absolute atomic E-state index is 0.290. The number of aryl methyl sites for hydroxylation is 1. The quantitative estimate of drug-likeness (QED) is 0.753. The zero-order valence-corrected chi connectivity index (χ0v) is 9.77. The Balaban J connectivity index is 2.21. The third kappa shape index (κ3) is 4.34. The van der Waals surface area contributed by atoms with Crippen LogP contribution in [0.15, 0.2) is 24.3 Å². The van der Waals surface area contributed by atoms with Gasteiger partial charge in [-0.25, -0.2) is 0 Å². The van der Waals surface area contributed by atoms with E-state index in [4.69, 9.17) is 9.84 Å². The number of benzene rings is 1. The summed E-state index contributed by atoms with van der Waals surface area (Å²) < 4.78 is 5.50. The molecule has 0 aromatic heterocycles. The molecule has 1 aromatic rings. The van der Waals surface area contributed by atoms with E-state index in [9.17, 15) is 4.79 Å². The van der Waals surface area contributed by atoms with Crippen LogP contribution in [-0.2, 0) is 4.79 Å². The molecule has 1 N–H and O–H groups in total. The third-order valence-corrected chi connectivity index (χ3v) is 2.49. The second-order valence-electron chi connectivity index (χ2n) is 4.04. The van der Waals surface area contributed by atoms with Gasteiger partial charge in [0.05, 0.1) is 12.5 Å². The minimum Gasteiger partial charge on any atom is -0.494 e. The fourth-order valence-electron chi connectivity index (χ4n) is 1.34. The second kappa shape index (κ2) is 6.16. The van der Waals surface area contributed by atoms with Crippen LogP contribution in [0.2, 0.25) is 0 Å². The van der Waals surface area contributed by atoms with Gasteiger partial charge < -0.3 is 9.84 Å². The summed E-state index contributed by atoms with van der Waals surface area (Å²) in [6.45, 7) is 4.31. The highest BCUT2D eigenvalue weighted by atomic mass is 16.5. The Morgan fingerprint density at radius 1 is 1.38 bits per heavy atom. The maximum atomic E-state index is 10.6. The van der Waals surface area contributed by atoms with Crippen molar-refractivity contribution in [3.05, 3.63) is 29.8 Å². The van der Waals surface area contributed by atoms with E-state index in [-0.39, 0.29) is 5.92 Å². The van der Waals surface area contributed by atoms with Crippen molar-refractivity contribution in [3.63, 3.8) is 0 Å². The van der Waals surface area contributed by atoms with E-state index in [1.54, 1.807) is 6.92 Å². The van der Waals surface area contributed by atoms with Gasteiger partial charge in [-0.3, -0.25) is 4.79 Å². The summed E-state index contributed by atoms with van der Waals surface area (Å²) in [6.07, 6.45) is 1.42. The van der Waals surface area contributed by atoms with Gasteiger partial charge in [0.25, 0.3) is 0 Å². The third-order valence-electron chi connectivity index (χ3n) is 2.49. The standard InChI is InChI=1S/C13H18O3/c1-10-5-7-12(8-6-10)16-9-3-4-11(2)13(14)15/h5-8,11H,3-4,9H2,1-2H3,(H,14,15). The van der Waals surface area contributed by atoms with Crippen molar-refractivity contribution in [1.29, 1.82) is 0 Å². The highest BCUT2D eigenvalue weighted by molar-refractivity contribution is 5.69. The average Bonchev–Trinajstić information content (AvgIpc) is 2.26. The molecule has 1 atom stereocenters. The smallest absolute Gasteiger partial charge is 0.306 e. The Bertz CT molecular complexity index is 330. The van der Waals surface area contributed by atoms with Gasteiger partial charge in [0.2, 0.25) is 0 Å². The molecule has 0 saturated carbocycles. The molecule has 16 heavy (non-hydrogen) atoms. The Kier molecular flexibility index (Phi) is 4.83. The van der Waals surface area contributed by atoms with E-state index in [1.807, 2.05) is 31.2 Å². The Labute approximate surface area is 96.1 Å². The van der Waals surface area contributed by atoms with Crippen LogP contribution in [0, 0.1) is 12.8 Å². The fourth-order valence-corrected chi connectivity index (χ4v) is 1.34. The lowest BCUT2D eigenvalue weighted by atomic mass is 10.1. The van der Waals surface area contributed by atoms with Crippen LogP contribution in [0.3, 0.4) is 0 Å². The maximum Gasteiger partial charge on any atom is 0.306 e. The molecule has 88 valence electrons. The molecule has 0 heterocycles. The predicted molar refractivity (Wildman–Crippen MR) is 62.7 cm³/mol. The number of aliphatic carboxylic acids is 1. The van der Waals surface area contributed by atoms with E-state index in [1.165, 1.54) is 5.56 Å². The Morgan fingerprint density at radius 2 is 2.00 bits per heavy atom. The van der Waals surface area contributed by atoms with Gasteiger partial charge in [-0.1, -0.05) is 24.6 Å². The number of carboxylic acid groups (broad SMARTS) is 1. The number of carbonyl (C=O) groups is 1. The monoisotopic (exact) mass is 222 g/mol. The molecular formula is C13H18O3. The van der Waals surface area contributed by atoms with Gasteiger partial charge in [0.1, 0.15) is 5.75 Å². The molecule has 0 aliphatic heterocycles. The predicted octanol–water partition coefficient (Wildman–Crippen LogP) is 2.87. The molecule has 0 spiro atoms. The van der Waals surface area contributed by atoms with Crippen LogP contribution < -0.4 is 4.74 Å². The minimum atomic E-state index is -0.740. The van der Waals surface area contributed by atoms with Crippen molar-refractivity contribution >= 4 is 5.97 Å². The summed E-state index contributed by atoms with van der Waals surface area (Å²) in [7, 11) is 0. The van der Waals surface area contributed by atoms with E-state index in [2.05, 4.69) is 0 Å². The van der Waals surface area contributed by atoms with E-state index in [0.29, 0.717) is 13.0 Å². The summed E-state index contributed by atoms with van der Waals surface area (Å²) in [4.78, 5) is 10.6. The summed E-state index contributed by atoms with van der Waals surface area (Å²) in [5.74, 6) is -0.189. The number of hydrogen-bond acceptors (Lipinski definition) is 2. The van der Waals surface area contributed by atoms with E-state index >= 15 is 0 Å². The average molecular weight is 222 g/mol. The SMILES string of the molecule is Cc1ccc(OCCCC(C)C(=O)O)cc1. The zero-order chi connectivity index (χ0) is 12.0. The largest absolute Gasteiger partial charge is 0.494 e. The normalized spacial score (nSPS) is 12.1. The molecule has 0 aliphatic rings. The second-order valence-corrected chi connectivity index (χ2v) is 4.04. The lowest BCUT2D eigenvalue weighted by Crippen LogP contribution is -2.10. The van der Waals surface area contributed by atoms with Crippen molar-refractivity contribution in [2.75, 3.05) is 6.61 Å². The first kappa shape index (κ1) is 12.6. The first-order valence-corrected chi connectivity index (χ1v) is 5.52. The van der Waals surface area contributed by atoms with Gasteiger partial charge >= 0.3 is 5.97 Å². The highest BCUT2D eigenvalue weighted by Gasteiger charge is 2.09. The zero-order valence-electron chi connectivity index (χ0n) is 9.77.